The van der Waals surface area contributed by atoms with Crippen LogP contribution in [0.3, 0.4) is 0 Å². The van der Waals surface area contributed by atoms with Gasteiger partial charge in [0.15, 0.2) is 0 Å². The van der Waals surface area contributed by atoms with Crippen molar-refractivity contribution < 1.29 is 18.0 Å². The molecule has 2 heterocycles. The normalized spacial score (nSPS) is 24.3. The first-order valence-electron chi connectivity index (χ1n) is 8.90. The number of benzene rings is 1. The first-order chi connectivity index (χ1) is 12.6. The summed E-state index contributed by atoms with van der Waals surface area (Å²) >= 11 is 0. The molecule has 0 aliphatic carbocycles. The second-order valence-corrected chi connectivity index (χ2v) is 9.61. The highest BCUT2D eigenvalue weighted by molar-refractivity contribution is 7.89. The fourth-order valence-corrected chi connectivity index (χ4v) is 5.49. The second kappa shape index (κ2) is 7.12. The van der Waals surface area contributed by atoms with Gasteiger partial charge in [0.2, 0.25) is 15.9 Å². The SMILES string of the molecule is CN(C)C(=O)N1CCN(S(=O)(=O)c2ccccc2)C[C@@]2(CC(=O)N(C)C2)C1. The molecule has 1 aromatic carbocycles. The molecule has 0 unspecified atom stereocenters. The summed E-state index contributed by atoms with van der Waals surface area (Å²) in [5.41, 5.74) is -0.601. The summed E-state index contributed by atoms with van der Waals surface area (Å²) in [7, 11) is 1.36. The van der Waals surface area contributed by atoms with Gasteiger partial charge in [-0.25, -0.2) is 13.2 Å². The van der Waals surface area contributed by atoms with Crippen LogP contribution in [-0.2, 0) is 14.8 Å². The Morgan fingerprint density at radius 1 is 1.07 bits per heavy atom. The number of carbonyl (C=O) groups excluding carboxylic acids is 2. The molecule has 1 spiro atoms. The lowest BCUT2D eigenvalue weighted by Crippen LogP contribution is -2.47. The van der Waals surface area contributed by atoms with Crippen LogP contribution in [0, 0.1) is 5.41 Å². The predicted molar refractivity (Wildman–Crippen MR) is 101 cm³/mol. The minimum Gasteiger partial charge on any atom is -0.345 e. The highest BCUT2D eigenvalue weighted by atomic mass is 32.2. The van der Waals surface area contributed by atoms with E-state index in [-0.39, 0.29) is 36.3 Å². The second-order valence-electron chi connectivity index (χ2n) is 7.68. The maximum absolute atomic E-state index is 13.2. The Labute approximate surface area is 160 Å². The number of likely N-dealkylation sites (tertiary alicyclic amines) is 1. The third-order valence-electron chi connectivity index (χ3n) is 5.22. The Balaban J connectivity index is 1.96. The van der Waals surface area contributed by atoms with Gasteiger partial charge in [0, 0.05) is 65.7 Å². The van der Waals surface area contributed by atoms with Crippen LogP contribution in [-0.4, -0.2) is 93.2 Å². The van der Waals surface area contributed by atoms with Gasteiger partial charge in [-0.1, -0.05) is 18.2 Å². The fourth-order valence-electron chi connectivity index (χ4n) is 3.93. The number of sulfonamides is 1. The van der Waals surface area contributed by atoms with Crippen molar-refractivity contribution in [2.75, 3.05) is 53.9 Å². The quantitative estimate of drug-likeness (QED) is 0.733. The van der Waals surface area contributed by atoms with E-state index < -0.39 is 15.4 Å². The Kier molecular flexibility index (Phi) is 5.18. The van der Waals surface area contributed by atoms with Crippen molar-refractivity contribution in [2.45, 2.75) is 11.3 Å². The first kappa shape index (κ1) is 19.6. The topological polar surface area (TPSA) is 81.2 Å². The van der Waals surface area contributed by atoms with E-state index in [0.717, 1.165) is 0 Å². The zero-order valence-electron chi connectivity index (χ0n) is 16.0. The Bertz CT molecular complexity index is 827. The Hall–Kier alpha value is -2.13. The van der Waals surface area contributed by atoms with Crippen molar-refractivity contribution in [3.8, 4) is 0 Å². The van der Waals surface area contributed by atoms with Gasteiger partial charge in [0.1, 0.15) is 0 Å². The lowest BCUT2D eigenvalue weighted by Gasteiger charge is -2.33. The van der Waals surface area contributed by atoms with E-state index in [1.165, 1.54) is 9.21 Å². The standard InChI is InChI=1S/C18H26N4O4S/c1-19(2)17(24)21-9-10-22(27(25,26)15-7-5-4-6-8-15)14-18(13-21)11-16(23)20(3)12-18/h4-8H,9-14H2,1-3H3/t18-/m1/s1. The van der Waals surface area contributed by atoms with Gasteiger partial charge < -0.3 is 14.7 Å². The predicted octanol–water partition coefficient (Wildman–Crippen LogP) is 0.523. The number of rotatable bonds is 2. The van der Waals surface area contributed by atoms with Gasteiger partial charge in [-0.2, -0.15) is 4.31 Å². The van der Waals surface area contributed by atoms with E-state index >= 15 is 0 Å². The van der Waals surface area contributed by atoms with Gasteiger partial charge in [-0.3, -0.25) is 4.79 Å². The largest absolute Gasteiger partial charge is 0.345 e. The van der Waals surface area contributed by atoms with Crippen LogP contribution in [0.1, 0.15) is 6.42 Å². The molecule has 0 bridgehead atoms. The number of amides is 3. The smallest absolute Gasteiger partial charge is 0.319 e. The number of urea groups is 1. The van der Waals surface area contributed by atoms with E-state index in [2.05, 4.69) is 0 Å². The fraction of sp³-hybridized carbons (Fsp3) is 0.556. The van der Waals surface area contributed by atoms with Gasteiger partial charge in [0.25, 0.3) is 0 Å². The van der Waals surface area contributed by atoms with Crippen molar-refractivity contribution in [2.24, 2.45) is 5.41 Å². The van der Waals surface area contributed by atoms with Gasteiger partial charge in [-0.15, -0.1) is 0 Å². The summed E-state index contributed by atoms with van der Waals surface area (Å²) in [6.45, 7) is 1.52. The molecule has 2 aliphatic heterocycles. The molecule has 2 saturated heterocycles. The van der Waals surface area contributed by atoms with Crippen LogP contribution in [0.25, 0.3) is 0 Å². The zero-order valence-corrected chi connectivity index (χ0v) is 16.8. The molecular weight excluding hydrogens is 368 g/mol. The van der Waals surface area contributed by atoms with Crippen molar-refractivity contribution in [3.05, 3.63) is 30.3 Å². The number of hydrogen-bond acceptors (Lipinski definition) is 4. The highest BCUT2D eigenvalue weighted by Crippen LogP contribution is 2.36. The maximum Gasteiger partial charge on any atom is 0.319 e. The van der Waals surface area contributed by atoms with Crippen LogP contribution < -0.4 is 0 Å². The molecule has 1 aromatic rings. The van der Waals surface area contributed by atoms with E-state index in [1.54, 1.807) is 61.3 Å². The third-order valence-corrected chi connectivity index (χ3v) is 7.08. The first-order valence-corrected chi connectivity index (χ1v) is 10.3. The number of nitrogens with zero attached hydrogens (tertiary/aromatic N) is 4. The Morgan fingerprint density at radius 3 is 2.30 bits per heavy atom. The molecule has 8 nitrogen and oxygen atoms in total. The van der Waals surface area contributed by atoms with Crippen LogP contribution in [0.4, 0.5) is 4.79 Å². The molecule has 0 radical (unpaired) electrons. The van der Waals surface area contributed by atoms with Crippen molar-refractivity contribution >= 4 is 22.0 Å². The maximum atomic E-state index is 13.2. The van der Waals surface area contributed by atoms with E-state index in [9.17, 15) is 18.0 Å². The summed E-state index contributed by atoms with van der Waals surface area (Å²) in [4.78, 5) is 29.8. The van der Waals surface area contributed by atoms with E-state index in [1.807, 2.05) is 0 Å². The molecule has 2 aliphatic rings. The number of carbonyl (C=O) groups is 2. The minimum atomic E-state index is -3.70. The van der Waals surface area contributed by atoms with Crippen molar-refractivity contribution in [3.63, 3.8) is 0 Å². The lowest BCUT2D eigenvalue weighted by atomic mass is 9.86. The molecule has 3 amide bonds. The minimum absolute atomic E-state index is 0.0220. The summed E-state index contributed by atoms with van der Waals surface area (Å²) in [6.07, 6.45) is 0.238. The van der Waals surface area contributed by atoms with Crippen LogP contribution in [0.15, 0.2) is 35.2 Å². The van der Waals surface area contributed by atoms with E-state index in [0.29, 0.717) is 19.6 Å². The molecule has 0 N–H and O–H groups in total. The zero-order chi connectivity index (χ0) is 19.8. The molecule has 0 aromatic heterocycles. The average Bonchev–Trinajstić information content (AvgIpc) is 2.79. The summed E-state index contributed by atoms with van der Waals surface area (Å²) < 4.78 is 27.8. The van der Waals surface area contributed by atoms with Gasteiger partial charge in [0.05, 0.1) is 4.90 Å². The molecule has 2 fully saturated rings. The third kappa shape index (κ3) is 3.79. The highest BCUT2D eigenvalue weighted by Gasteiger charge is 2.48. The molecule has 27 heavy (non-hydrogen) atoms. The summed E-state index contributed by atoms with van der Waals surface area (Å²) in [6, 6.07) is 8.12. The monoisotopic (exact) mass is 394 g/mol. The van der Waals surface area contributed by atoms with Crippen molar-refractivity contribution in [1.29, 1.82) is 0 Å². The van der Waals surface area contributed by atoms with Gasteiger partial charge >= 0.3 is 6.03 Å². The molecular formula is C18H26N4O4S. The van der Waals surface area contributed by atoms with Crippen LogP contribution in [0.2, 0.25) is 0 Å². The van der Waals surface area contributed by atoms with Crippen LogP contribution >= 0.6 is 0 Å². The van der Waals surface area contributed by atoms with Crippen LogP contribution in [0.5, 0.6) is 0 Å². The molecule has 3 rings (SSSR count). The summed E-state index contributed by atoms with van der Waals surface area (Å²) in [5.74, 6) is -0.0220. The number of hydrogen-bond donors (Lipinski definition) is 0. The van der Waals surface area contributed by atoms with Gasteiger partial charge in [-0.05, 0) is 12.1 Å². The average molecular weight is 394 g/mol. The van der Waals surface area contributed by atoms with Crippen molar-refractivity contribution in [1.82, 2.24) is 19.0 Å². The molecule has 0 saturated carbocycles. The molecule has 148 valence electrons. The Morgan fingerprint density at radius 2 is 1.74 bits per heavy atom. The summed E-state index contributed by atoms with van der Waals surface area (Å²) in [5, 5.41) is 0. The van der Waals surface area contributed by atoms with E-state index in [4.69, 9.17) is 0 Å². The molecule has 1 atom stereocenters. The molecule has 9 heteroatoms. The lowest BCUT2D eigenvalue weighted by molar-refractivity contribution is -0.126.